The van der Waals surface area contributed by atoms with Crippen molar-refractivity contribution < 1.29 is 14.3 Å². The molecule has 1 unspecified atom stereocenters. The van der Waals surface area contributed by atoms with E-state index in [-0.39, 0.29) is 12.1 Å². The standard InChI is InChI=1S/C6H10O3/c1-5(7)9-4-6-2-3-8-6/h6H,2-4H2,1H3. The first-order valence-electron chi connectivity index (χ1n) is 3.04. The van der Waals surface area contributed by atoms with Crippen LogP contribution in [0.4, 0.5) is 0 Å². The number of carbonyl (C=O) groups excluding carboxylic acids is 1. The van der Waals surface area contributed by atoms with Gasteiger partial charge in [-0.2, -0.15) is 0 Å². The molecule has 1 heterocycles. The minimum Gasteiger partial charge on any atom is -0.463 e. The number of hydrogen-bond donors (Lipinski definition) is 0. The molecule has 0 saturated carbocycles. The van der Waals surface area contributed by atoms with Gasteiger partial charge in [-0.15, -0.1) is 0 Å². The molecule has 0 radical (unpaired) electrons. The van der Waals surface area contributed by atoms with Gasteiger partial charge in [0.25, 0.3) is 0 Å². The van der Waals surface area contributed by atoms with Crippen LogP contribution in [0.25, 0.3) is 0 Å². The molecule has 0 N–H and O–H groups in total. The molecule has 52 valence electrons. The highest BCUT2D eigenvalue weighted by atomic mass is 16.6. The van der Waals surface area contributed by atoms with Crippen LogP contribution in [-0.2, 0) is 14.3 Å². The van der Waals surface area contributed by atoms with Gasteiger partial charge in [0, 0.05) is 20.0 Å². The van der Waals surface area contributed by atoms with Crippen LogP contribution in [0.2, 0.25) is 0 Å². The zero-order valence-corrected chi connectivity index (χ0v) is 5.42. The summed E-state index contributed by atoms with van der Waals surface area (Å²) in [7, 11) is 0. The van der Waals surface area contributed by atoms with E-state index in [1.807, 2.05) is 0 Å². The number of rotatable bonds is 2. The minimum absolute atomic E-state index is 0.175. The van der Waals surface area contributed by atoms with Crippen LogP contribution < -0.4 is 0 Å². The maximum absolute atomic E-state index is 10.2. The first kappa shape index (κ1) is 6.55. The molecule has 1 rings (SSSR count). The molecule has 1 fully saturated rings. The summed E-state index contributed by atoms with van der Waals surface area (Å²) < 4.78 is 9.69. The van der Waals surface area contributed by atoms with Crippen molar-refractivity contribution in [2.24, 2.45) is 0 Å². The van der Waals surface area contributed by atoms with Crippen molar-refractivity contribution in [1.29, 1.82) is 0 Å². The van der Waals surface area contributed by atoms with Crippen molar-refractivity contribution in [1.82, 2.24) is 0 Å². The molecule has 0 aliphatic carbocycles. The largest absolute Gasteiger partial charge is 0.463 e. The number of ether oxygens (including phenoxy) is 2. The fraction of sp³-hybridized carbons (Fsp3) is 0.833. The van der Waals surface area contributed by atoms with Gasteiger partial charge in [-0.1, -0.05) is 0 Å². The third kappa shape index (κ3) is 2.01. The van der Waals surface area contributed by atoms with Gasteiger partial charge in [-0.3, -0.25) is 4.79 Å². The highest BCUT2D eigenvalue weighted by Crippen LogP contribution is 2.10. The van der Waals surface area contributed by atoms with Crippen LogP contribution in [-0.4, -0.2) is 25.3 Å². The molecule has 0 aromatic rings. The molecule has 1 saturated heterocycles. The molecule has 1 aliphatic heterocycles. The van der Waals surface area contributed by atoms with Crippen LogP contribution in [0.15, 0.2) is 0 Å². The third-order valence-electron chi connectivity index (χ3n) is 1.27. The van der Waals surface area contributed by atoms with Gasteiger partial charge in [0.15, 0.2) is 0 Å². The monoisotopic (exact) mass is 130 g/mol. The molecule has 1 atom stereocenters. The Hall–Kier alpha value is -0.570. The fourth-order valence-electron chi connectivity index (χ4n) is 0.626. The third-order valence-corrected chi connectivity index (χ3v) is 1.27. The quantitative estimate of drug-likeness (QED) is 0.505. The Morgan fingerprint density at radius 2 is 2.56 bits per heavy atom. The first-order chi connectivity index (χ1) is 4.29. The second-order valence-corrected chi connectivity index (χ2v) is 2.08. The van der Waals surface area contributed by atoms with E-state index in [4.69, 9.17) is 4.74 Å². The first-order valence-corrected chi connectivity index (χ1v) is 3.04. The van der Waals surface area contributed by atoms with Crippen LogP contribution in [0.1, 0.15) is 13.3 Å². The van der Waals surface area contributed by atoms with Crippen LogP contribution in [0.3, 0.4) is 0 Å². The Bertz CT molecular complexity index is 107. The lowest BCUT2D eigenvalue weighted by Crippen LogP contribution is -2.31. The van der Waals surface area contributed by atoms with E-state index in [2.05, 4.69) is 4.74 Å². The van der Waals surface area contributed by atoms with Crippen molar-refractivity contribution in [3.63, 3.8) is 0 Å². The van der Waals surface area contributed by atoms with Gasteiger partial charge in [-0.05, 0) is 0 Å². The second-order valence-electron chi connectivity index (χ2n) is 2.08. The van der Waals surface area contributed by atoms with E-state index in [0.29, 0.717) is 6.61 Å². The molecule has 1 aliphatic rings. The van der Waals surface area contributed by atoms with E-state index >= 15 is 0 Å². The van der Waals surface area contributed by atoms with E-state index in [1.165, 1.54) is 6.92 Å². The van der Waals surface area contributed by atoms with Gasteiger partial charge in [-0.25, -0.2) is 0 Å². The Labute approximate surface area is 53.9 Å². The smallest absolute Gasteiger partial charge is 0.302 e. The molecule has 0 spiro atoms. The lowest BCUT2D eigenvalue weighted by atomic mass is 10.2. The minimum atomic E-state index is -0.231. The molecule has 3 heteroatoms. The molecule has 0 bridgehead atoms. The van der Waals surface area contributed by atoms with Crippen molar-refractivity contribution in [3.8, 4) is 0 Å². The van der Waals surface area contributed by atoms with Gasteiger partial charge in [0.2, 0.25) is 0 Å². The summed E-state index contributed by atoms with van der Waals surface area (Å²) in [6.45, 7) is 2.64. The summed E-state index contributed by atoms with van der Waals surface area (Å²) in [6.07, 6.45) is 1.20. The number of carbonyl (C=O) groups is 1. The summed E-state index contributed by atoms with van der Waals surface area (Å²) in [6, 6.07) is 0. The van der Waals surface area contributed by atoms with Crippen LogP contribution in [0.5, 0.6) is 0 Å². The average Bonchev–Trinajstić information content (AvgIpc) is 1.60. The van der Waals surface area contributed by atoms with E-state index in [0.717, 1.165) is 13.0 Å². The number of hydrogen-bond acceptors (Lipinski definition) is 3. The summed E-state index contributed by atoms with van der Waals surface area (Å²) >= 11 is 0. The lowest BCUT2D eigenvalue weighted by Gasteiger charge is -2.25. The Balaban J connectivity index is 1.97. The zero-order chi connectivity index (χ0) is 6.69. The Morgan fingerprint density at radius 1 is 1.89 bits per heavy atom. The lowest BCUT2D eigenvalue weighted by molar-refractivity contribution is -0.151. The van der Waals surface area contributed by atoms with Gasteiger partial charge in [0.05, 0.1) is 6.10 Å². The molecule has 0 amide bonds. The summed E-state index contributed by atoms with van der Waals surface area (Å²) in [5.41, 5.74) is 0. The van der Waals surface area contributed by atoms with Crippen molar-refractivity contribution in [2.45, 2.75) is 19.4 Å². The van der Waals surface area contributed by atoms with E-state index in [9.17, 15) is 4.79 Å². The maximum atomic E-state index is 10.2. The van der Waals surface area contributed by atoms with Crippen LogP contribution >= 0.6 is 0 Å². The molecule has 3 nitrogen and oxygen atoms in total. The fourth-order valence-corrected chi connectivity index (χ4v) is 0.626. The Kier molecular flexibility index (Phi) is 2.05. The molecule has 0 aromatic carbocycles. The zero-order valence-electron chi connectivity index (χ0n) is 5.42. The van der Waals surface area contributed by atoms with Crippen molar-refractivity contribution in [2.75, 3.05) is 13.2 Å². The molecule has 9 heavy (non-hydrogen) atoms. The van der Waals surface area contributed by atoms with Crippen molar-refractivity contribution in [3.05, 3.63) is 0 Å². The van der Waals surface area contributed by atoms with Crippen LogP contribution in [0, 0.1) is 0 Å². The Morgan fingerprint density at radius 3 is 2.89 bits per heavy atom. The molecular formula is C6H10O3. The van der Waals surface area contributed by atoms with Gasteiger partial charge >= 0.3 is 5.97 Å². The highest BCUT2D eigenvalue weighted by Gasteiger charge is 2.18. The normalized spacial score (nSPS) is 24.8. The SMILES string of the molecule is CC(=O)OCC1CCO1. The van der Waals surface area contributed by atoms with Crippen molar-refractivity contribution >= 4 is 5.97 Å². The van der Waals surface area contributed by atoms with E-state index < -0.39 is 0 Å². The highest BCUT2D eigenvalue weighted by molar-refractivity contribution is 5.65. The predicted molar refractivity (Wildman–Crippen MR) is 31.0 cm³/mol. The predicted octanol–water partition coefficient (Wildman–Crippen LogP) is 0.338. The average molecular weight is 130 g/mol. The van der Waals surface area contributed by atoms with Gasteiger partial charge < -0.3 is 9.47 Å². The van der Waals surface area contributed by atoms with Gasteiger partial charge in [0.1, 0.15) is 6.61 Å². The number of esters is 1. The summed E-state index contributed by atoms with van der Waals surface area (Å²) in [5.74, 6) is -0.231. The second kappa shape index (κ2) is 2.82. The molecule has 0 aromatic heterocycles. The maximum Gasteiger partial charge on any atom is 0.302 e. The summed E-state index contributed by atoms with van der Waals surface area (Å²) in [4.78, 5) is 10.2. The molecular weight excluding hydrogens is 120 g/mol. The topological polar surface area (TPSA) is 35.5 Å². The summed E-state index contributed by atoms with van der Waals surface area (Å²) in [5, 5.41) is 0. The van der Waals surface area contributed by atoms with E-state index in [1.54, 1.807) is 0 Å².